The lowest BCUT2D eigenvalue weighted by molar-refractivity contribution is -0.274. The number of aryl methyl sites for hydroxylation is 1. The topological polar surface area (TPSA) is 71.1 Å². The van der Waals surface area contributed by atoms with Crippen LogP contribution in [0.15, 0.2) is 48.5 Å². The van der Waals surface area contributed by atoms with Crippen LogP contribution in [0.1, 0.15) is 12.0 Å². The summed E-state index contributed by atoms with van der Waals surface area (Å²) < 4.78 is 45.6. The van der Waals surface area contributed by atoms with Crippen LogP contribution in [0.4, 0.5) is 18.9 Å². The lowest BCUT2D eigenvalue weighted by atomic mass is 10.1. The summed E-state index contributed by atoms with van der Waals surface area (Å²) in [7, 11) is 1.60. The number of hydrogen-bond donors (Lipinski definition) is 1. The number of nitrogens with zero attached hydrogens (tertiary/aromatic N) is 2. The van der Waals surface area contributed by atoms with Gasteiger partial charge in [-0.25, -0.2) is 0 Å². The molecule has 3 rings (SSSR count). The highest BCUT2D eigenvalue weighted by Crippen LogP contribution is 2.24. The molecular weight excluding hydrogens is 439 g/mol. The van der Waals surface area contributed by atoms with Crippen LogP contribution in [0.2, 0.25) is 0 Å². The van der Waals surface area contributed by atoms with Gasteiger partial charge in [0, 0.05) is 38.3 Å². The maximum atomic E-state index is 12.5. The minimum absolute atomic E-state index is 0.0723. The Kier molecular flexibility index (Phi) is 8.16. The molecule has 0 aliphatic carbocycles. The average Bonchev–Trinajstić information content (AvgIpc) is 2.78. The Labute approximate surface area is 190 Å². The molecule has 0 aromatic heterocycles. The van der Waals surface area contributed by atoms with E-state index in [4.69, 9.17) is 4.74 Å². The molecule has 2 amide bonds. The molecule has 10 heteroatoms. The van der Waals surface area contributed by atoms with E-state index in [1.165, 1.54) is 12.1 Å². The lowest BCUT2D eigenvalue weighted by Gasteiger charge is -2.34. The largest absolute Gasteiger partial charge is 0.573 e. The van der Waals surface area contributed by atoms with Gasteiger partial charge in [0.2, 0.25) is 11.8 Å². The number of hydrogen-bond acceptors (Lipinski definition) is 5. The summed E-state index contributed by atoms with van der Waals surface area (Å²) in [4.78, 5) is 28.5. The van der Waals surface area contributed by atoms with Crippen LogP contribution in [0.3, 0.4) is 0 Å². The fourth-order valence-corrected chi connectivity index (χ4v) is 3.54. The first-order chi connectivity index (χ1) is 15.7. The van der Waals surface area contributed by atoms with E-state index in [-0.39, 0.29) is 24.1 Å². The second-order valence-corrected chi connectivity index (χ2v) is 7.63. The number of rotatable bonds is 8. The van der Waals surface area contributed by atoms with E-state index in [0.29, 0.717) is 44.7 Å². The molecule has 1 fully saturated rings. The molecule has 1 N–H and O–H groups in total. The fraction of sp³-hybridized carbons (Fsp3) is 0.391. The van der Waals surface area contributed by atoms with Crippen molar-refractivity contribution in [1.29, 1.82) is 0 Å². The molecule has 2 aromatic rings. The smallest absolute Gasteiger partial charge is 0.497 e. The number of alkyl halides is 3. The van der Waals surface area contributed by atoms with Gasteiger partial charge < -0.3 is 19.7 Å². The van der Waals surface area contributed by atoms with Gasteiger partial charge in [-0.3, -0.25) is 14.5 Å². The van der Waals surface area contributed by atoms with Crippen LogP contribution in [0.5, 0.6) is 11.5 Å². The van der Waals surface area contributed by atoms with Gasteiger partial charge in [0.1, 0.15) is 11.5 Å². The van der Waals surface area contributed by atoms with Crippen molar-refractivity contribution >= 4 is 17.5 Å². The monoisotopic (exact) mass is 465 g/mol. The zero-order valence-corrected chi connectivity index (χ0v) is 18.2. The van der Waals surface area contributed by atoms with E-state index < -0.39 is 6.36 Å². The quantitative estimate of drug-likeness (QED) is 0.648. The number of carbonyl (C=O) groups is 2. The van der Waals surface area contributed by atoms with Crippen molar-refractivity contribution in [2.75, 3.05) is 45.2 Å². The van der Waals surface area contributed by atoms with Crippen molar-refractivity contribution in [2.24, 2.45) is 0 Å². The van der Waals surface area contributed by atoms with Crippen molar-refractivity contribution in [3.05, 3.63) is 54.1 Å². The molecule has 1 saturated heterocycles. The first kappa shape index (κ1) is 24.4. The van der Waals surface area contributed by atoms with Gasteiger partial charge in [-0.1, -0.05) is 12.1 Å². The van der Waals surface area contributed by atoms with Gasteiger partial charge in [0.05, 0.1) is 13.7 Å². The third-order valence-electron chi connectivity index (χ3n) is 5.23. The van der Waals surface area contributed by atoms with Gasteiger partial charge >= 0.3 is 6.36 Å². The maximum Gasteiger partial charge on any atom is 0.573 e. The van der Waals surface area contributed by atoms with Gasteiger partial charge in [0.25, 0.3) is 0 Å². The molecule has 0 atom stereocenters. The Morgan fingerprint density at radius 3 is 2.33 bits per heavy atom. The number of amides is 2. The van der Waals surface area contributed by atoms with Crippen molar-refractivity contribution in [2.45, 2.75) is 19.2 Å². The second-order valence-electron chi connectivity index (χ2n) is 7.63. The fourth-order valence-electron chi connectivity index (χ4n) is 3.54. The summed E-state index contributed by atoms with van der Waals surface area (Å²) in [6.45, 7) is 2.33. The molecule has 2 aromatic carbocycles. The van der Waals surface area contributed by atoms with E-state index >= 15 is 0 Å². The Bertz CT molecular complexity index is 943. The number of halogens is 3. The zero-order chi connectivity index (χ0) is 23.8. The van der Waals surface area contributed by atoms with E-state index in [9.17, 15) is 22.8 Å². The predicted molar refractivity (Wildman–Crippen MR) is 116 cm³/mol. The van der Waals surface area contributed by atoms with Gasteiger partial charge in [-0.2, -0.15) is 0 Å². The molecule has 0 spiro atoms. The molecule has 0 unspecified atom stereocenters. The SMILES string of the molecule is COc1cccc(CCC(=O)N2CCN(CC(=O)Nc3ccc(OC(F)(F)F)cc3)CC2)c1. The van der Waals surface area contributed by atoms with Crippen LogP contribution in [0, 0.1) is 0 Å². The Balaban J connectivity index is 1.38. The van der Waals surface area contributed by atoms with Crippen molar-refractivity contribution in [1.82, 2.24) is 9.80 Å². The number of methoxy groups -OCH3 is 1. The normalized spacial score (nSPS) is 14.6. The zero-order valence-electron chi connectivity index (χ0n) is 18.2. The summed E-state index contributed by atoms with van der Waals surface area (Å²) >= 11 is 0. The number of piperazine rings is 1. The van der Waals surface area contributed by atoms with Gasteiger partial charge in [0.15, 0.2) is 0 Å². The number of benzene rings is 2. The molecule has 1 aliphatic rings. The highest BCUT2D eigenvalue weighted by Gasteiger charge is 2.31. The standard InChI is InChI=1S/C23H26F3N3O4/c1-32-20-4-2-3-17(15-20)5-10-22(31)29-13-11-28(12-14-29)16-21(30)27-18-6-8-19(9-7-18)33-23(24,25)26/h2-4,6-9,15H,5,10-14,16H2,1H3,(H,27,30). The van der Waals surface area contributed by atoms with Crippen LogP contribution in [0.25, 0.3) is 0 Å². The summed E-state index contributed by atoms with van der Waals surface area (Å²) in [5.74, 6) is 0.200. The minimum Gasteiger partial charge on any atom is -0.497 e. The summed E-state index contributed by atoms with van der Waals surface area (Å²) in [6.07, 6.45) is -3.73. The average molecular weight is 465 g/mol. The molecule has 0 bridgehead atoms. The maximum absolute atomic E-state index is 12.5. The Hall–Kier alpha value is -3.27. The molecule has 0 saturated carbocycles. The second kappa shape index (κ2) is 11.0. The molecule has 1 aliphatic heterocycles. The van der Waals surface area contributed by atoms with E-state index in [2.05, 4.69) is 10.1 Å². The molecule has 7 nitrogen and oxygen atoms in total. The third-order valence-corrected chi connectivity index (χ3v) is 5.23. The minimum atomic E-state index is -4.76. The number of anilines is 1. The lowest BCUT2D eigenvalue weighted by Crippen LogP contribution is -2.50. The number of nitrogens with one attached hydrogen (secondary N) is 1. The molecule has 1 heterocycles. The van der Waals surface area contributed by atoms with Crippen LogP contribution < -0.4 is 14.8 Å². The first-order valence-corrected chi connectivity index (χ1v) is 10.5. The Morgan fingerprint density at radius 2 is 1.70 bits per heavy atom. The highest BCUT2D eigenvalue weighted by atomic mass is 19.4. The Morgan fingerprint density at radius 1 is 1.00 bits per heavy atom. The van der Waals surface area contributed by atoms with Gasteiger partial charge in [-0.05, 0) is 48.4 Å². The molecule has 33 heavy (non-hydrogen) atoms. The predicted octanol–water partition coefficient (Wildman–Crippen LogP) is 3.31. The van der Waals surface area contributed by atoms with E-state index in [0.717, 1.165) is 23.4 Å². The summed E-state index contributed by atoms with van der Waals surface area (Å²) in [6, 6.07) is 12.6. The molecule has 0 radical (unpaired) electrons. The summed E-state index contributed by atoms with van der Waals surface area (Å²) in [5, 5.41) is 2.65. The van der Waals surface area contributed by atoms with E-state index in [1.54, 1.807) is 12.0 Å². The first-order valence-electron chi connectivity index (χ1n) is 10.5. The van der Waals surface area contributed by atoms with Crippen LogP contribution >= 0.6 is 0 Å². The third kappa shape index (κ3) is 7.98. The molecule has 178 valence electrons. The van der Waals surface area contributed by atoms with E-state index in [1.807, 2.05) is 29.2 Å². The summed E-state index contributed by atoms with van der Waals surface area (Å²) in [5.41, 5.74) is 1.41. The van der Waals surface area contributed by atoms with Gasteiger partial charge in [-0.15, -0.1) is 13.2 Å². The van der Waals surface area contributed by atoms with Crippen LogP contribution in [-0.2, 0) is 16.0 Å². The number of ether oxygens (including phenoxy) is 2. The van der Waals surface area contributed by atoms with Crippen molar-refractivity contribution in [3.8, 4) is 11.5 Å². The van der Waals surface area contributed by atoms with Crippen LogP contribution in [-0.4, -0.2) is 67.8 Å². The van der Waals surface area contributed by atoms with Crippen molar-refractivity contribution in [3.63, 3.8) is 0 Å². The highest BCUT2D eigenvalue weighted by molar-refractivity contribution is 5.92. The molecular formula is C23H26F3N3O4. The van der Waals surface area contributed by atoms with Crippen molar-refractivity contribution < 1.29 is 32.2 Å². The number of carbonyl (C=O) groups excluding carboxylic acids is 2.